The molecule has 8 nitrogen and oxygen atoms in total. The van der Waals surface area contributed by atoms with E-state index in [0.717, 1.165) is 10.7 Å². The van der Waals surface area contributed by atoms with Crippen LogP contribution in [0.15, 0.2) is 23.1 Å². The molecule has 0 aliphatic carbocycles. The van der Waals surface area contributed by atoms with Crippen LogP contribution < -0.4 is 5.32 Å². The van der Waals surface area contributed by atoms with Gasteiger partial charge in [-0.15, -0.1) is 0 Å². The molecule has 0 saturated carbocycles. The SMILES string of the molecule is Cn1nnnc1NC(=O)c1ccc(C(F)(F)F)cc1S(C)(=O)=O.[Na]. The number of aryl methyl sites for hydroxylation is 1. The molecule has 0 aliphatic heterocycles. The minimum absolute atomic E-state index is 0. The van der Waals surface area contributed by atoms with E-state index in [1.165, 1.54) is 7.05 Å². The Morgan fingerprint density at radius 2 is 1.92 bits per heavy atom. The maximum Gasteiger partial charge on any atom is 0.416 e. The van der Waals surface area contributed by atoms with Gasteiger partial charge in [0.05, 0.1) is 16.0 Å². The molecule has 1 radical (unpaired) electrons. The number of anilines is 1. The molecule has 1 N–H and O–H groups in total. The number of rotatable bonds is 3. The summed E-state index contributed by atoms with van der Waals surface area (Å²) >= 11 is 0. The first-order valence-electron chi connectivity index (χ1n) is 5.95. The minimum atomic E-state index is -4.73. The monoisotopic (exact) mass is 372 g/mol. The summed E-state index contributed by atoms with van der Waals surface area (Å²) in [6.45, 7) is 0. The number of halogens is 3. The van der Waals surface area contributed by atoms with Crippen molar-refractivity contribution in [3.63, 3.8) is 0 Å². The van der Waals surface area contributed by atoms with Crippen LogP contribution in [0.5, 0.6) is 0 Å². The van der Waals surface area contributed by atoms with Gasteiger partial charge in [-0.2, -0.15) is 13.2 Å². The predicted molar refractivity (Wildman–Crippen MR) is 77.1 cm³/mol. The predicted octanol–water partition coefficient (Wildman–Crippen LogP) is 0.504. The van der Waals surface area contributed by atoms with Crippen molar-refractivity contribution >= 4 is 51.3 Å². The summed E-state index contributed by atoms with van der Waals surface area (Å²) in [5.41, 5.74) is -1.61. The van der Waals surface area contributed by atoms with E-state index in [-0.39, 0.29) is 35.5 Å². The molecule has 13 heteroatoms. The Labute approximate surface area is 156 Å². The molecule has 2 aromatic rings. The van der Waals surface area contributed by atoms with Crippen molar-refractivity contribution in [2.45, 2.75) is 11.1 Å². The average molecular weight is 372 g/mol. The van der Waals surface area contributed by atoms with Gasteiger partial charge >= 0.3 is 6.18 Å². The fourth-order valence-corrected chi connectivity index (χ4v) is 2.60. The third-order valence-corrected chi connectivity index (χ3v) is 3.94. The molecule has 0 saturated heterocycles. The largest absolute Gasteiger partial charge is 0.416 e. The normalized spacial score (nSPS) is 11.7. The van der Waals surface area contributed by atoms with Crippen LogP contribution in [0.1, 0.15) is 15.9 Å². The maximum atomic E-state index is 12.7. The molecule has 125 valence electrons. The Morgan fingerprint density at radius 3 is 2.38 bits per heavy atom. The molecule has 24 heavy (non-hydrogen) atoms. The van der Waals surface area contributed by atoms with Crippen molar-refractivity contribution in [3.05, 3.63) is 29.3 Å². The molecule has 1 aromatic carbocycles. The third kappa shape index (κ3) is 4.53. The second kappa shape index (κ2) is 7.17. The molecule has 0 bridgehead atoms. The van der Waals surface area contributed by atoms with Gasteiger partial charge in [0.2, 0.25) is 5.95 Å². The number of tetrazole rings is 1. The van der Waals surface area contributed by atoms with Gasteiger partial charge in [0.25, 0.3) is 5.91 Å². The molecule has 0 aliphatic rings. The van der Waals surface area contributed by atoms with Crippen molar-refractivity contribution in [3.8, 4) is 0 Å². The number of amides is 1. The molecule has 1 heterocycles. The van der Waals surface area contributed by atoms with E-state index in [2.05, 4.69) is 20.8 Å². The molecule has 2 rings (SSSR count). The number of carbonyl (C=O) groups excluding carboxylic acids is 1. The first-order chi connectivity index (χ1) is 10.5. The zero-order valence-electron chi connectivity index (χ0n) is 12.8. The Morgan fingerprint density at radius 1 is 1.29 bits per heavy atom. The Hall–Kier alpha value is -1.50. The number of sulfone groups is 1. The fourth-order valence-electron chi connectivity index (χ4n) is 1.70. The molecule has 0 spiro atoms. The number of alkyl halides is 3. The first-order valence-corrected chi connectivity index (χ1v) is 7.84. The number of nitrogens with one attached hydrogen (secondary N) is 1. The van der Waals surface area contributed by atoms with Crippen LogP contribution in [-0.4, -0.2) is 70.3 Å². The molecule has 0 fully saturated rings. The van der Waals surface area contributed by atoms with Crippen LogP contribution in [0.25, 0.3) is 0 Å². The van der Waals surface area contributed by atoms with Crippen molar-refractivity contribution in [2.24, 2.45) is 7.05 Å². The number of hydrogen-bond acceptors (Lipinski definition) is 6. The van der Waals surface area contributed by atoms with Crippen LogP contribution in [0.4, 0.5) is 19.1 Å². The Kier molecular flexibility index (Phi) is 6.14. The molecular formula is C11H10F3N5NaO3S. The van der Waals surface area contributed by atoms with E-state index in [9.17, 15) is 26.4 Å². The molecule has 0 unspecified atom stereocenters. The molecule has 0 atom stereocenters. The maximum absolute atomic E-state index is 12.7. The van der Waals surface area contributed by atoms with Crippen LogP contribution in [-0.2, 0) is 23.1 Å². The summed E-state index contributed by atoms with van der Waals surface area (Å²) in [5, 5.41) is 12.4. The Balaban J connectivity index is 0.00000288. The summed E-state index contributed by atoms with van der Waals surface area (Å²) in [4.78, 5) is 11.4. The van der Waals surface area contributed by atoms with Crippen LogP contribution in [0.3, 0.4) is 0 Å². The second-order valence-electron chi connectivity index (χ2n) is 4.56. The van der Waals surface area contributed by atoms with Crippen LogP contribution >= 0.6 is 0 Å². The van der Waals surface area contributed by atoms with Crippen molar-refractivity contribution < 1.29 is 26.4 Å². The van der Waals surface area contributed by atoms with Gasteiger partial charge < -0.3 is 0 Å². The number of aromatic nitrogens is 4. The van der Waals surface area contributed by atoms with E-state index in [1.807, 2.05) is 0 Å². The Bertz CT molecular complexity index is 866. The summed E-state index contributed by atoms with van der Waals surface area (Å²) in [7, 11) is -2.65. The third-order valence-electron chi connectivity index (χ3n) is 2.80. The smallest absolute Gasteiger partial charge is 0.289 e. The standard InChI is InChI=1S/C11H10F3N5O3S.Na/c1-19-10(16-17-18-19)15-9(20)7-4-3-6(11(12,13)14)5-8(7)23(2,21)22;/h3-5H,1-2H3,(H,15,16,18,20);. The van der Waals surface area contributed by atoms with Gasteiger partial charge in [0, 0.05) is 42.9 Å². The first kappa shape index (κ1) is 20.5. The van der Waals surface area contributed by atoms with E-state index < -0.39 is 37.9 Å². The number of nitrogens with zero attached hydrogens (tertiary/aromatic N) is 4. The number of hydrogen-bond donors (Lipinski definition) is 1. The van der Waals surface area contributed by atoms with Gasteiger partial charge in [-0.25, -0.2) is 13.1 Å². The summed E-state index contributed by atoms with van der Waals surface area (Å²) in [5.74, 6) is -1.04. The zero-order chi connectivity index (χ0) is 17.4. The van der Waals surface area contributed by atoms with E-state index >= 15 is 0 Å². The fraction of sp³-hybridized carbons (Fsp3) is 0.273. The second-order valence-corrected chi connectivity index (χ2v) is 6.55. The van der Waals surface area contributed by atoms with Gasteiger partial charge in [0.1, 0.15) is 0 Å². The van der Waals surface area contributed by atoms with E-state index in [1.54, 1.807) is 0 Å². The molecular weight excluding hydrogens is 362 g/mol. The van der Waals surface area contributed by atoms with Gasteiger partial charge in [0.15, 0.2) is 9.84 Å². The van der Waals surface area contributed by atoms with Gasteiger partial charge in [-0.1, -0.05) is 5.10 Å². The van der Waals surface area contributed by atoms with Gasteiger partial charge in [-0.05, 0) is 28.6 Å². The van der Waals surface area contributed by atoms with Crippen molar-refractivity contribution in [2.75, 3.05) is 11.6 Å². The zero-order valence-corrected chi connectivity index (χ0v) is 15.6. The van der Waals surface area contributed by atoms with E-state index in [0.29, 0.717) is 18.4 Å². The van der Waals surface area contributed by atoms with Crippen molar-refractivity contribution in [1.82, 2.24) is 20.2 Å². The quantitative estimate of drug-likeness (QED) is 0.787. The van der Waals surface area contributed by atoms with Gasteiger partial charge in [-0.3, -0.25) is 10.1 Å². The summed E-state index contributed by atoms with van der Waals surface area (Å²) in [6.07, 6.45) is -4.02. The molecule has 1 amide bonds. The average Bonchev–Trinajstić information content (AvgIpc) is 2.81. The summed E-state index contributed by atoms with van der Waals surface area (Å²) in [6, 6.07) is 1.83. The molecule has 1 aromatic heterocycles. The van der Waals surface area contributed by atoms with Crippen LogP contribution in [0, 0.1) is 0 Å². The van der Waals surface area contributed by atoms with E-state index in [4.69, 9.17) is 0 Å². The number of carbonyl (C=O) groups is 1. The minimum Gasteiger partial charge on any atom is -0.289 e. The topological polar surface area (TPSA) is 107 Å². The summed E-state index contributed by atoms with van der Waals surface area (Å²) < 4.78 is 62.7. The van der Waals surface area contributed by atoms with Crippen molar-refractivity contribution in [1.29, 1.82) is 0 Å². The number of benzene rings is 1. The van der Waals surface area contributed by atoms with Crippen LogP contribution in [0.2, 0.25) is 0 Å².